The third-order valence-electron chi connectivity index (χ3n) is 4.90. The standard InChI is InChI=1S/C21H36N2O4S/c1-6-8-10-18(7-2)16-22-21(24)11-9-14-23(28(5,25)26)19-15-17(3)12-13-20(19)27-4/h12-13,15,18H,6-11,14,16H2,1-5H3,(H,22,24). The lowest BCUT2D eigenvalue weighted by molar-refractivity contribution is -0.121. The molecule has 7 heteroatoms. The van der Waals surface area contributed by atoms with Gasteiger partial charge in [-0.1, -0.05) is 39.2 Å². The Labute approximate surface area is 170 Å². The average molecular weight is 413 g/mol. The maximum absolute atomic E-state index is 12.3. The molecule has 1 unspecified atom stereocenters. The van der Waals surface area contributed by atoms with E-state index in [1.54, 1.807) is 12.1 Å². The number of rotatable bonds is 13. The largest absolute Gasteiger partial charge is 0.495 e. The summed E-state index contributed by atoms with van der Waals surface area (Å²) >= 11 is 0. The van der Waals surface area contributed by atoms with E-state index in [2.05, 4.69) is 19.2 Å². The molecule has 1 amide bonds. The molecule has 1 aromatic rings. The van der Waals surface area contributed by atoms with Gasteiger partial charge >= 0.3 is 0 Å². The first-order valence-electron chi connectivity index (χ1n) is 10.1. The summed E-state index contributed by atoms with van der Waals surface area (Å²) in [7, 11) is -1.96. The molecule has 0 fully saturated rings. The summed E-state index contributed by atoms with van der Waals surface area (Å²) in [5.41, 5.74) is 1.45. The normalized spacial score (nSPS) is 12.5. The van der Waals surface area contributed by atoms with Crippen LogP contribution in [0, 0.1) is 12.8 Å². The van der Waals surface area contributed by atoms with Gasteiger partial charge in [0.25, 0.3) is 0 Å². The van der Waals surface area contributed by atoms with Crippen molar-refractivity contribution >= 4 is 21.6 Å². The van der Waals surface area contributed by atoms with Crippen LogP contribution in [0.1, 0.15) is 57.9 Å². The zero-order valence-corrected chi connectivity index (χ0v) is 18.8. The highest BCUT2D eigenvalue weighted by Gasteiger charge is 2.21. The van der Waals surface area contributed by atoms with Crippen LogP contribution in [0.25, 0.3) is 0 Å². The Kier molecular flexibility index (Phi) is 10.4. The molecule has 0 aromatic heterocycles. The molecule has 1 rings (SSSR count). The molecule has 0 aliphatic carbocycles. The first-order valence-corrected chi connectivity index (χ1v) is 12.0. The Balaban J connectivity index is 2.66. The fourth-order valence-electron chi connectivity index (χ4n) is 3.13. The van der Waals surface area contributed by atoms with Gasteiger partial charge in [-0.25, -0.2) is 8.42 Å². The Morgan fingerprint density at radius 2 is 1.96 bits per heavy atom. The lowest BCUT2D eigenvalue weighted by atomic mass is 9.99. The quantitative estimate of drug-likeness (QED) is 0.533. The maximum Gasteiger partial charge on any atom is 0.232 e. The van der Waals surface area contributed by atoms with E-state index in [-0.39, 0.29) is 12.5 Å². The third-order valence-corrected chi connectivity index (χ3v) is 6.08. The highest BCUT2D eigenvalue weighted by Crippen LogP contribution is 2.31. The number of sulfonamides is 1. The Hall–Kier alpha value is -1.76. The number of unbranched alkanes of at least 4 members (excludes halogenated alkanes) is 1. The molecular formula is C21H36N2O4S. The van der Waals surface area contributed by atoms with Crippen LogP contribution < -0.4 is 14.4 Å². The van der Waals surface area contributed by atoms with Gasteiger partial charge in [0.1, 0.15) is 5.75 Å². The molecule has 0 bridgehead atoms. The van der Waals surface area contributed by atoms with E-state index in [1.165, 1.54) is 24.1 Å². The summed E-state index contributed by atoms with van der Waals surface area (Å²) in [6.07, 6.45) is 6.43. The van der Waals surface area contributed by atoms with Gasteiger partial charge < -0.3 is 10.1 Å². The molecule has 1 atom stereocenters. The van der Waals surface area contributed by atoms with Crippen molar-refractivity contribution in [1.29, 1.82) is 0 Å². The van der Waals surface area contributed by atoms with Gasteiger partial charge in [0.2, 0.25) is 15.9 Å². The van der Waals surface area contributed by atoms with Crippen molar-refractivity contribution in [2.45, 2.75) is 59.3 Å². The number of benzene rings is 1. The molecule has 0 aliphatic heterocycles. The number of nitrogens with zero attached hydrogens (tertiary/aromatic N) is 1. The topological polar surface area (TPSA) is 75.7 Å². The number of carbonyl (C=O) groups excluding carboxylic acids is 1. The van der Waals surface area contributed by atoms with Crippen LogP contribution >= 0.6 is 0 Å². The van der Waals surface area contributed by atoms with Gasteiger partial charge in [-0.3, -0.25) is 9.10 Å². The average Bonchev–Trinajstić information content (AvgIpc) is 2.64. The molecule has 0 saturated heterocycles. The number of methoxy groups -OCH3 is 1. The zero-order valence-electron chi connectivity index (χ0n) is 18.0. The van der Waals surface area contributed by atoms with Gasteiger partial charge in [-0.15, -0.1) is 0 Å². The minimum absolute atomic E-state index is 0.0281. The predicted molar refractivity (Wildman–Crippen MR) is 115 cm³/mol. The van der Waals surface area contributed by atoms with Crippen molar-refractivity contribution in [3.05, 3.63) is 23.8 Å². The van der Waals surface area contributed by atoms with Gasteiger partial charge in [-0.2, -0.15) is 0 Å². The van der Waals surface area contributed by atoms with Crippen molar-refractivity contribution in [3.63, 3.8) is 0 Å². The summed E-state index contributed by atoms with van der Waals surface area (Å²) in [6.45, 7) is 7.14. The van der Waals surface area contributed by atoms with Crippen molar-refractivity contribution < 1.29 is 17.9 Å². The zero-order chi connectivity index (χ0) is 21.2. The summed E-state index contributed by atoms with van der Waals surface area (Å²) in [4.78, 5) is 12.2. The van der Waals surface area contributed by atoms with E-state index >= 15 is 0 Å². The Morgan fingerprint density at radius 1 is 1.25 bits per heavy atom. The number of aryl methyl sites for hydroxylation is 1. The van der Waals surface area contributed by atoms with Crippen LogP contribution in [0.2, 0.25) is 0 Å². The second-order valence-electron chi connectivity index (χ2n) is 7.33. The van der Waals surface area contributed by atoms with E-state index < -0.39 is 10.0 Å². The smallest absolute Gasteiger partial charge is 0.232 e. The van der Waals surface area contributed by atoms with Gasteiger partial charge in [0.05, 0.1) is 19.1 Å². The van der Waals surface area contributed by atoms with Crippen LogP contribution in [0.3, 0.4) is 0 Å². The number of nitrogens with one attached hydrogen (secondary N) is 1. The van der Waals surface area contributed by atoms with Crippen LogP contribution in [-0.2, 0) is 14.8 Å². The van der Waals surface area contributed by atoms with Gasteiger partial charge in [0, 0.05) is 19.5 Å². The highest BCUT2D eigenvalue weighted by molar-refractivity contribution is 7.92. The van der Waals surface area contributed by atoms with Crippen molar-refractivity contribution in [2.75, 3.05) is 30.8 Å². The Bertz CT molecular complexity index is 719. The van der Waals surface area contributed by atoms with Crippen molar-refractivity contribution in [1.82, 2.24) is 5.32 Å². The maximum atomic E-state index is 12.3. The molecule has 0 saturated carbocycles. The number of carbonyl (C=O) groups is 1. The minimum Gasteiger partial charge on any atom is -0.495 e. The van der Waals surface area contributed by atoms with Crippen LogP contribution in [-0.4, -0.2) is 40.8 Å². The van der Waals surface area contributed by atoms with Crippen molar-refractivity contribution in [2.24, 2.45) is 5.92 Å². The number of amides is 1. The number of ether oxygens (including phenoxy) is 1. The highest BCUT2D eigenvalue weighted by atomic mass is 32.2. The first kappa shape index (κ1) is 24.3. The third kappa shape index (κ3) is 8.09. The van der Waals surface area contributed by atoms with Crippen LogP contribution in [0.4, 0.5) is 5.69 Å². The SMILES string of the molecule is CCCCC(CC)CNC(=O)CCCN(c1cc(C)ccc1OC)S(C)(=O)=O. The van der Waals surface area contributed by atoms with E-state index in [4.69, 9.17) is 4.74 Å². The van der Waals surface area contributed by atoms with Crippen LogP contribution in [0.5, 0.6) is 5.75 Å². The number of hydrogen-bond acceptors (Lipinski definition) is 4. The molecule has 1 aromatic carbocycles. The molecular weight excluding hydrogens is 376 g/mol. The predicted octanol–water partition coefficient (Wildman–Crippen LogP) is 3.88. The van der Waals surface area contributed by atoms with Crippen LogP contribution in [0.15, 0.2) is 18.2 Å². The lowest BCUT2D eigenvalue weighted by Gasteiger charge is -2.24. The lowest BCUT2D eigenvalue weighted by Crippen LogP contribution is -2.33. The van der Waals surface area contributed by atoms with E-state index in [9.17, 15) is 13.2 Å². The molecule has 6 nitrogen and oxygen atoms in total. The molecule has 160 valence electrons. The molecule has 0 heterocycles. The summed E-state index contributed by atoms with van der Waals surface area (Å²) in [5.74, 6) is 0.981. The summed E-state index contributed by atoms with van der Waals surface area (Å²) in [5, 5.41) is 2.99. The molecule has 28 heavy (non-hydrogen) atoms. The summed E-state index contributed by atoms with van der Waals surface area (Å²) in [6, 6.07) is 5.43. The first-order chi connectivity index (χ1) is 13.2. The monoisotopic (exact) mass is 412 g/mol. The number of anilines is 1. The molecule has 1 N–H and O–H groups in total. The minimum atomic E-state index is -3.48. The second-order valence-corrected chi connectivity index (χ2v) is 9.24. The summed E-state index contributed by atoms with van der Waals surface area (Å²) < 4.78 is 31.3. The van der Waals surface area contributed by atoms with E-state index in [1.807, 2.05) is 13.0 Å². The van der Waals surface area contributed by atoms with Crippen molar-refractivity contribution in [3.8, 4) is 5.75 Å². The van der Waals surface area contributed by atoms with E-state index in [0.717, 1.165) is 24.8 Å². The molecule has 0 spiro atoms. The number of hydrogen-bond donors (Lipinski definition) is 1. The second kappa shape index (κ2) is 11.9. The molecule has 0 radical (unpaired) electrons. The van der Waals surface area contributed by atoms with E-state index in [0.29, 0.717) is 36.7 Å². The van der Waals surface area contributed by atoms with Gasteiger partial charge in [-0.05, 0) is 43.4 Å². The molecule has 0 aliphatic rings. The fourth-order valence-corrected chi connectivity index (χ4v) is 4.09. The van der Waals surface area contributed by atoms with Gasteiger partial charge in [0.15, 0.2) is 0 Å². The fraction of sp³-hybridized carbons (Fsp3) is 0.667. The Morgan fingerprint density at radius 3 is 2.54 bits per heavy atom.